The number of fused-ring (bicyclic) bond motifs is 5. The first-order valence-electron chi connectivity index (χ1n) is 12.3. The maximum Gasteiger partial charge on any atom is 0.264 e. The summed E-state index contributed by atoms with van der Waals surface area (Å²) < 4.78 is 31.2. The first kappa shape index (κ1) is 23.0. The summed E-state index contributed by atoms with van der Waals surface area (Å²) in [4.78, 5) is 0. The number of aliphatic hydroxyl groups is 2. The van der Waals surface area contributed by atoms with Crippen LogP contribution in [0.15, 0.2) is 0 Å². The van der Waals surface area contributed by atoms with Gasteiger partial charge in [0.1, 0.15) is 0 Å². The molecule has 0 aliphatic heterocycles. The Bertz CT molecular complexity index is 738. The lowest BCUT2D eigenvalue weighted by Gasteiger charge is -2.62. The smallest absolute Gasteiger partial charge is 0.264 e. The van der Waals surface area contributed by atoms with Gasteiger partial charge in [0, 0.05) is 0 Å². The van der Waals surface area contributed by atoms with Crippen LogP contribution in [0.5, 0.6) is 0 Å². The molecular weight excluding hydrogens is 400 g/mol. The minimum atomic E-state index is -3.88. The molecule has 6 heteroatoms. The summed E-state index contributed by atoms with van der Waals surface area (Å²) in [5.74, 6) is 2.78. The largest absolute Gasteiger partial charge is 0.393 e. The van der Waals surface area contributed by atoms with E-state index in [1.54, 1.807) is 0 Å². The SMILES string of the molecule is CC(CCCS(=O)(=O)O)C1CCC2C3C(O)CC4CC(O)CCC4(C)C3CCC12C. The summed E-state index contributed by atoms with van der Waals surface area (Å²) in [6, 6.07) is 0. The lowest BCUT2D eigenvalue weighted by atomic mass is 9.43. The van der Waals surface area contributed by atoms with Crippen molar-refractivity contribution in [3.8, 4) is 0 Å². The van der Waals surface area contributed by atoms with Crippen molar-refractivity contribution in [1.29, 1.82) is 0 Å². The fraction of sp³-hybridized carbons (Fsp3) is 1.00. The molecule has 3 N–H and O–H groups in total. The summed E-state index contributed by atoms with van der Waals surface area (Å²) in [5, 5.41) is 21.5. The van der Waals surface area contributed by atoms with E-state index in [9.17, 15) is 18.6 Å². The van der Waals surface area contributed by atoms with Crippen molar-refractivity contribution in [1.82, 2.24) is 0 Å². The maximum atomic E-state index is 11.3. The zero-order chi connectivity index (χ0) is 21.9. The second-order valence-electron chi connectivity index (χ2n) is 11.9. The molecule has 10 unspecified atom stereocenters. The maximum absolute atomic E-state index is 11.3. The molecule has 10 atom stereocenters. The second-order valence-corrected chi connectivity index (χ2v) is 13.4. The van der Waals surface area contributed by atoms with Crippen LogP contribution in [0.3, 0.4) is 0 Å². The van der Waals surface area contributed by atoms with Gasteiger partial charge in [0.2, 0.25) is 0 Å². The van der Waals surface area contributed by atoms with E-state index in [1.165, 1.54) is 25.7 Å². The molecular formula is C24H42O5S. The van der Waals surface area contributed by atoms with E-state index in [0.717, 1.165) is 32.1 Å². The molecule has 0 radical (unpaired) electrons. The van der Waals surface area contributed by atoms with Gasteiger partial charge in [-0.05, 0) is 111 Å². The van der Waals surface area contributed by atoms with E-state index in [0.29, 0.717) is 41.9 Å². The van der Waals surface area contributed by atoms with Crippen molar-refractivity contribution >= 4 is 10.1 Å². The number of hydrogen-bond donors (Lipinski definition) is 3. The highest BCUT2D eigenvalue weighted by atomic mass is 32.2. The van der Waals surface area contributed by atoms with Gasteiger partial charge in [-0.1, -0.05) is 20.8 Å². The summed E-state index contributed by atoms with van der Waals surface area (Å²) in [5.41, 5.74) is 0.473. The van der Waals surface area contributed by atoms with E-state index in [-0.39, 0.29) is 28.8 Å². The Morgan fingerprint density at radius 2 is 1.63 bits per heavy atom. The molecule has 4 saturated carbocycles. The summed E-state index contributed by atoms with van der Waals surface area (Å²) in [6.45, 7) is 7.14. The third-order valence-electron chi connectivity index (χ3n) is 10.5. The normalized spacial score (nSPS) is 49.7. The highest BCUT2D eigenvalue weighted by Crippen LogP contribution is 2.68. The average Bonchev–Trinajstić information content (AvgIpc) is 2.99. The summed E-state index contributed by atoms with van der Waals surface area (Å²) >= 11 is 0. The third-order valence-corrected chi connectivity index (χ3v) is 11.3. The molecule has 4 aliphatic carbocycles. The second kappa shape index (κ2) is 8.00. The molecule has 0 amide bonds. The van der Waals surface area contributed by atoms with Gasteiger partial charge < -0.3 is 10.2 Å². The summed E-state index contributed by atoms with van der Waals surface area (Å²) in [7, 11) is -3.88. The molecule has 0 aromatic heterocycles. The van der Waals surface area contributed by atoms with Crippen LogP contribution in [0.1, 0.15) is 85.0 Å². The average molecular weight is 443 g/mol. The number of hydrogen-bond acceptors (Lipinski definition) is 4. The zero-order valence-electron chi connectivity index (χ0n) is 19.0. The van der Waals surface area contributed by atoms with Crippen molar-refractivity contribution in [2.75, 3.05) is 5.75 Å². The van der Waals surface area contributed by atoms with E-state index in [2.05, 4.69) is 20.8 Å². The molecule has 4 fully saturated rings. The molecule has 5 nitrogen and oxygen atoms in total. The predicted octanol–water partition coefficient (Wildman–Crippen LogP) is 4.28. The number of aliphatic hydroxyl groups excluding tert-OH is 2. The molecule has 0 saturated heterocycles. The van der Waals surface area contributed by atoms with Crippen molar-refractivity contribution in [2.24, 2.45) is 46.3 Å². The minimum Gasteiger partial charge on any atom is -0.393 e. The lowest BCUT2D eigenvalue weighted by Crippen LogP contribution is -2.58. The molecule has 4 aliphatic rings. The Hall–Kier alpha value is -0.170. The number of rotatable bonds is 5. The van der Waals surface area contributed by atoms with Crippen molar-refractivity contribution < 1.29 is 23.2 Å². The monoisotopic (exact) mass is 442 g/mol. The van der Waals surface area contributed by atoms with Crippen LogP contribution in [0.4, 0.5) is 0 Å². The van der Waals surface area contributed by atoms with E-state index in [4.69, 9.17) is 4.55 Å². The predicted molar refractivity (Wildman–Crippen MR) is 117 cm³/mol. The molecule has 0 aromatic rings. The fourth-order valence-electron chi connectivity index (χ4n) is 8.96. The van der Waals surface area contributed by atoms with Gasteiger partial charge in [-0.3, -0.25) is 4.55 Å². The van der Waals surface area contributed by atoms with Gasteiger partial charge in [-0.2, -0.15) is 8.42 Å². The third kappa shape index (κ3) is 3.88. The van der Waals surface area contributed by atoms with Crippen LogP contribution >= 0.6 is 0 Å². The van der Waals surface area contributed by atoms with Crippen LogP contribution < -0.4 is 0 Å². The van der Waals surface area contributed by atoms with Gasteiger partial charge in [0.05, 0.1) is 18.0 Å². The Balaban J connectivity index is 1.50. The van der Waals surface area contributed by atoms with Crippen LogP contribution in [-0.2, 0) is 10.1 Å². The first-order chi connectivity index (χ1) is 14.0. The molecule has 30 heavy (non-hydrogen) atoms. The van der Waals surface area contributed by atoms with Crippen LogP contribution in [0, 0.1) is 46.3 Å². The van der Waals surface area contributed by atoms with E-state index >= 15 is 0 Å². The molecule has 0 heterocycles. The molecule has 0 spiro atoms. The quantitative estimate of drug-likeness (QED) is 0.552. The minimum absolute atomic E-state index is 0.140. The first-order valence-corrected chi connectivity index (χ1v) is 13.9. The topological polar surface area (TPSA) is 94.8 Å². The lowest BCUT2D eigenvalue weighted by molar-refractivity contribution is -0.174. The van der Waals surface area contributed by atoms with Gasteiger partial charge in [-0.15, -0.1) is 0 Å². The van der Waals surface area contributed by atoms with E-state index in [1.807, 2.05) is 0 Å². The molecule has 174 valence electrons. The van der Waals surface area contributed by atoms with Crippen molar-refractivity contribution in [3.05, 3.63) is 0 Å². The Morgan fingerprint density at radius 3 is 2.33 bits per heavy atom. The zero-order valence-corrected chi connectivity index (χ0v) is 19.8. The van der Waals surface area contributed by atoms with Crippen molar-refractivity contribution in [3.63, 3.8) is 0 Å². The molecule has 0 bridgehead atoms. The Morgan fingerprint density at radius 1 is 0.967 bits per heavy atom. The van der Waals surface area contributed by atoms with Gasteiger partial charge in [0.15, 0.2) is 0 Å². The molecule has 0 aromatic carbocycles. The van der Waals surface area contributed by atoms with Crippen LogP contribution in [-0.4, -0.2) is 41.1 Å². The summed E-state index contributed by atoms with van der Waals surface area (Å²) in [6.07, 6.45) is 9.31. The van der Waals surface area contributed by atoms with Gasteiger partial charge in [-0.25, -0.2) is 0 Å². The standard InChI is InChI=1S/C24H42O5S/c1-15(5-4-12-30(27,28)29)18-6-7-19-22-20(9-11-24(18,19)3)23(2)10-8-17(25)13-16(23)14-21(22)26/h15-22,25-26H,4-14H2,1-3H3,(H,27,28,29). The van der Waals surface area contributed by atoms with Crippen LogP contribution in [0.25, 0.3) is 0 Å². The van der Waals surface area contributed by atoms with Crippen LogP contribution in [0.2, 0.25) is 0 Å². The Kier molecular flexibility index (Phi) is 6.13. The van der Waals surface area contributed by atoms with Gasteiger partial charge in [0.25, 0.3) is 10.1 Å². The fourth-order valence-corrected chi connectivity index (χ4v) is 9.50. The Labute approximate surface area is 182 Å². The highest BCUT2D eigenvalue weighted by Gasteiger charge is 2.62. The molecule has 4 rings (SSSR count). The van der Waals surface area contributed by atoms with E-state index < -0.39 is 10.1 Å². The highest BCUT2D eigenvalue weighted by molar-refractivity contribution is 7.85. The van der Waals surface area contributed by atoms with Crippen molar-refractivity contribution in [2.45, 2.75) is 97.2 Å². The van der Waals surface area contributed by atoms with Gasteiger partial charge >= 0.3 is 0 Å².